The standard InChI is InChI=1S/C10H13O.Zr/c1-8(2)10(11)9-6-4-3-5-7-9;/h3-8,10H,1-2H3;/q-1;+1. The Hall–Kier alpha value is 0.0631. The molecule has 0 aliphatic carbocycles. The van der Waals surface area contributed by atoms with Crippen LogP contribution in [-0.2, 0) is 28.0 Å². The molecule has 0 fully saturated rings. The molecule has 0 amide bonds. The van der Waals surface area contributed by atoms with Gasteiger partial charge in [0.05, 0.1) is 0 Å². The van der Waals surface area contributed by atoms with Crippen LogP contribution < -0.4 is 0 Å². The van der Waals surface area contributed by atoms with Gasteiger partial charge in [0.1, 0.15) is 0 Å². The van der Waals surface area contributed by atoms with Gasteiger partial charge in [-0.2, -0.15) is 0 Å². The third-order valence-electron chi connectivity index (χ3n) is 1.86. The molecule has 12 heavy (non-hydrogen) atoms. The van der Waals surface area contributed by atoms with Crippen LogP contribution in [0.2, 0.25) is 0 Å². The van der Waals surface area contributed by atoms with Crippen molar-refractivity contribution >= 4 is 0 Å². The second kappa shape index (κ2) is 4.94. The van der Waals surface area contributed by atoms with Crippen LogP contribution in [0, 0.1) is 5.92 Å². The van der Waals surface area contributed by atoms with Gasteiger partial charge in [-0.3, -0.25) is 0 Å². The summed E-state index contributed by atoms with van der Waals surface area (Å²) < 4.78 is 5.49. The predicted molar refractivity (Wildman–Crippen MR) is 45.1 cm³/mol. The Morgan fingerprint density at radius 1 is 1.17 bits per heavy atom. The van der Waals surface area contributed by atoms with Crippen molar-refractivity contribution in [2.75, 3.05) is 0 Å². The molecule has 0 saturated heterocycles. The average molecular weight is 240 g/mol. The summed E-state index contributed by atoms with van der Waals surface area (Å²) in [5.41, 5.74) is 1.28. The molecule has 0 aliphatic heterocycles. The number of rotatable bonds is 3. The molecule has 1 rings (SSSR count). The van der Waals surface area contributed by atoms with E-state index in [0.717, 1.165) is 25.2 Å². The van der Waals surface area contributed by atoms with Crippen molar-refractivity contribution < 1.29 is 28.0 Å². The first-order valence-electron chi connectivity index (χ1n) is 4.13. The van der Waals surface area contributed by atoms with Crippen LogP contribution in [0.5, 0.6) is 0 Å². The van der Waals surface area contributed by atoms with E-state index in [9.17, 15) is 0 Å². The van der Waals surface area contributed by atoms with Gasteiger partial charge in [0.15, 0.2) is 0 Å². The molecule has 63 valence electrons. The Balaban J connectivity index is 2.80. The van der Waals surface area contributed by atoms with Crippen molar-refractivity contribution in [1.29, 1.82) is 0 Å². The Labute approximate surface area is 89.6 Å². The van der Waals surface area contributed by atoms with Crippen LogP contribution >= 0.6 is 0 Å². The minimum absolute atomic E-state index is 0.268. The number of hydrogen-bond donors (Lipinski definition) is 0. The fourth-order valence-corrected chi connectivity index (χ4v) is 2.24. The van der Waals surface area contributed by atoms with Crippen molar-refractivity contribution in [3.63, 3.8) is 0 Å². The van der Waals surface area contributed by atoms with Gasteiger partial charge in [0.25, 0.3) is 0 Å². The summed E-state index contributed by atoms with van der Waals surface area (Å²) in [5.74, 6) is 0.548. The summed E-state index contributed by atoms with van der Waals surface area (Å²) in [7, 11) is 0. The summed E-state index contributed by atoms with van der Waals surface area (Å²) in [6.07, 6.45) is 0.268. The molecule has 0 saturated carbocycles. The zero-order valence-corrected chi connectivity index (χ0v) is 9.91. The normalized spacial score (nSPS) is 13.2. The van der Waals surface area contributed by atoms with E-state index in [2.05, 4.69) is 38.1 Å². The van der Waals surface area contributed by atoms with E-state index in [0.29, 0.717) is 5.92 Å². The van der Waals surface area contributed by atoms with Crippen LogP contribution in [0.1, 0.15) is 25.5 Å². The van der Waals surface area contributed by atoms with Gasteiger partial charge in [0, 0.05) is 0 Å². The Morgan fingerprint density at radius 2 is 1.75 bits per heavy atom. The Bertz CT molecular complexity index is 221. The SMILES string of the molecule is CC(C)C([O][Zr])c1ccccc1. The van der Waals surface area contributed by atoms with Crippen LogP contribution in [-0.4, -0.2) is 0 Å². The summed E-state index contributed by atoms with van der Waals surface area (Å²) in [6.45, 7) is 4.36. The monoisotopic (exact) mass is 239 g/mol. The zero-order valence-electron chi connectivity index (χ0n) is 7.45. The van der Waals surface area contributed by atoms with E-state index < -0.39 is 0 Å². The molecule has 1 atom stereocenters. The van der Waals surface area contributed by atoms with Crippen LogP contribution in [0.4, 0.5) is 0 Å². The maximum atomic E-state index is 5.49. The first-order valence-corrected chi connectivity index (χ1v) is 5.13. The average Bonchev–Trinajstić information content (AvgIpc) is 2.07. The van der Waals surface area contributed by atoms with Crippen molar-refractivity contribution in [2.24, 2.45) is 5.92 Å². The fourth-order valence-electron chi connectivity index (χ4n) is 1.23. The van der Waals surface area contributed by atoms with Crippen LogP contribution in [0.15, 0.2) is 30.3 Å². The quantitative estimate of drug-likeness (QED) is 0.789. The van der Waals surface area contributed by atoms with Gasteiger partial charge in [-0.05, 0) is 0 Å². The molecule has 0 bridgehead atoms. The van der Waals surface area contributed by atoms with Gasteiger partial charge in [-0.15, -0.1) is 0 Å². The molecule has 1 unspecified atom stereocenters. The van der Waals surface area contributed by atoms with Gasteiger partial charge in [-0.1, -0.05) is 0 Å². The minimum atomic E-state index is 0.268. The topological polar surface area (TPSA) is 9.23 Å². The molecular formula is C10H13OZr. The first kappa shape index (κ1) is 10.1. The first-order chi connectivity index (χ1) is 5.75. The van der Waals surface area contributed by atoms with E-state index in [1.165, 1.54) is 5.56 Å². The second-order valence-electron chi connectivity index (χ2n) is 3.19. The molecule has 2 heteroatoms. The summed E-state index contributed by atoms with van der Waals surface area (Å²) in [4.78, 5) is 0. The van der Waals surface area contributed by atoms with Crippen molar-refractivity contribution in [1.82, 2.24) is 0 Å². The van der Waals surface area contributed by atoms with Gasteiger partial charge in [-0.25, -0.2) is 0 Å². The van der Waals surface area contributed by atoms with Gasteiger partial charge in [0.2, 0.25) is 0 Å². The van der Waals surface area contributed by atoms with E-state index in [4.69, 9.17) is 2.81 Å². The predicted octanol–water partition coefficient (Wildman–Crippen LogP) is 2.86. The fraction of sp³-hybridized carbons (Fsp3) is 0.400. The third-order valence-corrected chi connectivity index (χ3v) is 2.48. The van der Waals surface area contributed by atoms with E-state index >= 15 is 0 Å². The molecule has 1 nitrogen and oxygen atoms in total. The van der Waals surface area contributed by atoms with E-state index in [1.807, 2.05) is 6.07 Å². The molecular weight excluding hydrogens is 227 g/mol. The summed E-state index contributed by atoms with van der Waals surface area (Å²) >= 11 is 1.14. The Kier molecular flexibility index (Phi) is 4.17. The van der Waals surface area contributed by atoms with E-state index in [1.54, 1.807) is 0 Å². The van der Waals surface area contributed by atoms with E-state index in [-0.39, 0.29) is 6.10 Å². The third kappa shape index (κ3) is 2.53. The van der Waals surface area contributed by atoms with Gasteiger partial charge < -0.3 is 0 Å². The number of hydrogen-bond acceptors (Lipinski definition) is 1. The second-order valence-corrected chi connectivity index (χ2v) is 3.77. The molecule has 0 N–H and O–H groups in total. The summed E-state index contributed by atoms with van der Waals surface area (Å²) in [5, 5.41) is 0. The van der Waals surface area contributed by atoms with Gasteiger partial charge >= 0.3 is 89.7 Å². The molecule has 1 aromatic rings. The molecule has 0 aliphatic rings. The van der Waals surface area contributed by atoms with Crippen molar-refractivity contribution in [2.45, 2.75) is 20.0 Å². The van der Waals surface area contributed by atoms with Crippen molar-refractivity contribution in [3.8, 4) is 0 Å². The maximum absolute atomic E-state index is 5.49. The van der Waals surface area contributed by atoms with Crippen LogP contribution in [0.3, 0.4) is 0 Å². The van der Waals surface area contributed by atoms with Crippen LogP contribution in [0.25, 0.3) is 0 Å². The zero-order chi connectivity index (χ0) is 8.97. The summed E-state index contributed by atoms with van der Waals surface area (Å²) in [6, 6.07) is 10.4. The molecule has 0 spiro atoms. The number of benzene rings is 1. The molecule has 1 aromatic carbocycles. The molecule has 0 radical (unpaired) electrons. The Morgan fingerprint density at radius 3 is 2.17 bits per heavy atom. The molecule has 0 heterocycles. The molecule has 0 aromatic heterocycles. The van der Waals surface area contributed by atoms with Crippen molar-refractivity contribution in [3.05, 3.63) is 35.9 Å².